The van der Waals surface area contributed by atoms with Crippen molar-refractivity contribution in [3.63, 3.8) is 0 Å². The van der Waals surface area contributed by atoms with E-state index in [1.54, 1.807) is 0 Å². The zero-order valence-corrected chi connectivity index (χ0v) is 5.56. The largest absolute Gasteiger partial charge is 0.471 e. The third-order valence-corrected chi connectivity index (χ3v) is 1.35. The summed E-state index contributed by atoms with van der Waals surface area (Å²) in [6, 6.07) is 0. The van der Waals surface area contributed by atoms with Crippen LogP contribution < -0.4 is 0 Å². The van der Waals surface area contributed by atoms with Gasteiger partial charge in [0.15, 0.2) is 0 Å². The lowest BCUT2D eigenvalue weighted by Gasteiger charge is -2.16. The second-order valence-corrected chi connectivity index (χ2v) is 2.18. The molecular formula is C6H6F3NO. The molecule has 0 aromatic rings. The van der Waals surface area contributed by atoms with E-state index in [1.165, 1.54) is 12.2 Å². The highest BCUT2D eigenvalue weighted by Crippen LogP contribution is 2.19. The van der Waals surface area contributed by atoms with Crippen molar-refractivity contribution in [1.82, 2.24) is 4.90 Å². The quantitative estimate of drug-likeness (QED) is 0.489. The molecule has 0 N–H and O–H groups in total. The molecule has 0 atom stereocenters. The van der Waals surface area contributed by atoms with Crippen molar-refractivity contribution >= 4 is 5.91 Å². The molecule has 62 valence electrons. The predicted octanol–water partition coefficient (Wildman–Crippen LogP) is 0.947. The highest BCUT2D eigenvalue weighted by molar-refractivity contribution is 5.82. The lowest BCUT2D eigenvalue weighted by atomic mass is 10.5. The van der Waals surface area contributed by atoms with Gasteiger partial charge in [-0.05, 0) is 0 Å². The molecule has 2 nitrogen and oxygen atoms in total. The van der Waals surface area contributed by atoms with E-state index in [2.05, 4.69) is 0 Å². The van der Waals surface area contributed by atoms with E-state index in [0.29, 0.717) is 0 Å². The molecule has 1 aliphatic rings. The summed E-state index contributed by atoms with van der Waals surface area (Å²) in [4.78, 5) is 11.2. The number of nitrogens with zero attached hydrogens (tertiary/aromatic N) is 1. The number of carbonyl (C=O) groups excluding carboxylic acids is 1. The van der Waals surface area contributed by atoms with E-state index >= 15 is 0 Å². The highest BCUT2D eigenvalue weighted by Gasteiger charge is 2.42. The normalized spacial score (nSPS) is 17.5. The van der Waals surface area contributed by atoms with Crippen LogP contribution in [0, 0.1) is 0 Å². The summed E-state index contributed by atoms with van der Waals surface area (Å²) < 4.78 is 35.0. The van der Waals surface area contributed by atoms with Gasteiger partial charge in [-0.2, -0.15) is 13.2 Å². The molecule has 0 unspecified atom stereocenters. The minimum atomic E-state index is -4.73. The van der Waals surface area contributed by atoms with Crippen LogP contribution in [0.5, 0.6) is 0 Å². The maximum atomic E-state index is 11.7. The first-order valence-electron chi connectivity index (χ1n) is 3.03. The summed E-state index contributed by atoms with van der Waals surface area (Å²) in [5.41, 5.74) is 0. The van der Waals surface area contributed by atoms with Crippen LogP contribution in [0.2, 0.25) is 0 Å². The van der Waals surface area contributed by atoms with E-state index in [-0.39, 0.29) is 13.1 Å². The first-order valence-corrected chi connectivity index (χ1v) is 3.03. The molecule has 0 fully saturated rings. The van der Waals surface area contributed by atoms with Crippen molar-refractivity contribution in [3.8, 4) is 0 Å². The molecule has 1 heterocycles. The Morgan fingerprint density at radius 1 is 1.27 bits per heavy atom. The summed E-state index contributed by atoms with van der Waals surface area (Å²) in [5, 5.41) is 0. The highest BCUT2D eigenvalue weighted by atomic mass is 19.4. The van der Waals surface area contributed by atoms with E-state index in [1.807, 2.05) is 0 Å². The third kappa shape index (κ3) is 1.72. The molecule has 0 spiro atoms. The predicted molar refractivity (Wildman–Crippen MR) is 31.8 cm³/mol. The van der Waals surface area contributed by atoms with Gasteiger partial charge in [0, 0.05) is 13.1 Å². The van der Waals surface area contributed by atoms with Gasteiger partial charge in [-0.1, -0.05) is 12.2 Å². The maximum absolute atomic E-state index is 11.7. The minimum absolute atomic E-state index is 0.0678. The van der Waals surface area contributed by atoms with E-state index < -0.39 is 12.1 Å². The van der Waals surface area contributed by atoms with Crippen LogP contribution in [-0.4, -0.2) is 30.1 Å². The second kappa shape index (κ2) is 2.56. The van der Waals surface area contributed by atoms with Crippen molar-refractivity contribution in [2.24, 2.45) is 0 Å². The molecule has 0 aliphatic carbocycles. The van der Waals surface area contributed by atoms with E-state index in [9.17, 15) is 18.0 Å². The van der Waals surface area contributed by atoms with Crippen molar-refractivity contribution < 1.29 is 18.0 Å². The Morgan fingerprint density at radius 2 is 1.73 bits per heavy atom. The van der Waals surface area contributed by atoms with Gasteiger partial charge in [-0.3, -0.25) is 4.79 Å². The molecule has 1 amide bonds. The summed E-state index contributed by atoms with van der Waals surface area (Å²) in [7, 11) is 0. The molecular weight excluding hydrogens is 159 g/mol. The lowest BCUT2D eigenvalue weighted by Crippen LogP contribution is -2.39. The summed E-state index contributed by atoms with van der Waals surface area (Å²) >= 11 is 0. The smallest absolute Gasteiger partial charge is 0.327 e. The number of hydrogen-bond acceptors (Lipinski definition) is 1. The Labute approximate surface area is 61.3 Å². The number of amides is 1. The topological polar surface area (TPSA) is 20.3 Å². The molecule has 0 saturated heterocycles. The van der Waals surface area contributed by atoms with Gasteiger partial charge in [0.25, 0.3) is 0 Å². The Hall–Kier alpha value is -1.00. The summed E-state index contributed by atoms with van der Waals surface area (Å²) in [6.45, 7) is 0.136. The fourth-order valence-electron chi connectivity index (χ4n) is 0.823. The standard InChI is InChI=1S/C6H6F3NO/c7-6(8,9)5(11)10-3-1-2-4-10/h1-2H,3-4H2. The molecule has 1 aliphatic heterocycles. The SMILES string of the molecule is O=C(N1CC=CC1)C(F)(F)F. The van der Waals surface area contributed by atoms with Gasteiger partial charge in [0.1, 0.15) is 0 Å². The average Bonchev–Trinajstić information content (AvgIpc) is 2.34. The minimum Gasteiger partial charge on any atom is -0.327 e. The van der Waals surface area contributed by atoms with Gasteiger partial charge in [0.2, 0.25) is 0 Å². The fraction of sp³-hybridized carbons (Fsp3) is 0.500. The van der Waals surface area contributed by atoms with Gasteiger partial charge in [-0.25, -0.2) is 0 Å². The van der Waals surface area contributed by atoms with E-state index in [4.69, 9.17) is 0 Å². The van der Waals surface area contributed by atoms with Crippen molar-refractivity contribution in [2.45, 2.75) is 6.18 Å². The number of carbonyl (C=O) groups is 1. The van der Waals surface area contributed by atoms with E-state index in [0.717, 1.165) is 4.90 Å². The van der Waals surface area contributed by atoms with Gasteiger partial charge in [0.05, 0.1) is 0 Å². The van der Waals surface area contributed by atoms with Crippen molar-refractivity contribution in [2.75, 3.05) is 13.1 Å². The third-order valence-electron chi connectivity index (χ3n) is 1.35. The van der Waals surface area contributed by atoms with Crippen LogP contribution in [0.3, 0.4) is 0 Å². The Balaban J connectivity index is 2.55. The molecule has 0 bridgehead atoms. The monoisotopic (exact) mass is 165 g/mol. The van der Waals surface area contributed by atoms with Crippen LogP contribution in [0.1, 0.15) is 0 Å². The lowest BCUT2D eigenvalue weighted by molar-refractivity contribution is -0.184. The van der Waals surface area contributed by atoms with Crippen LogP contribution in [0.4, 0.5) is 13.2 Å². The summed E-state index contributed by atoms with van der Waals surface area (Å²) in [6.07, 6.45) is -1.67. The summed E-state index contributed by atoms with van der Waals surface area (Å²) in [5.74, 6) is -1.76. The van der Waals surface area contributed by atoms with Crippen molar-refractivity contribution in [1.29, 1.82) is 0 Å². The van der Waals surface area contributed by atoms with Crippen LogP contribution in [0.15, 0.2) is 12.2 Å². The van der Waals surface area contributed by atoms with Gasteiger partial charge in [-0.15, -0.1) is 0 Å². The Morgan fingerprint density at radius 3 is 2.09 bits per heavy atom. The van der Waals surface area contributed by atoms with Gasteiger partial charge < -0.3 is 4.90 Å². The molecule has 0 radical (unpaired) electrons. The van der Waals surface area contributed by atoms with Crippen LogP contribution in [-0.2, 0) is 4.79 Å². The number of halogens is 3. The maximum Gasteiger partial charge on any atom is 0.471 e. The van der Waals surface area contributed by atoms with Crippen LogP contribution in [0.25, 0.3) is 0 Å². The molecule has 1 rings (SSSR count). The zero-order chi connectivity index (χ0) is 8.48. The zero-order valence-electron chi connectivity index (χ0n) is 5.56. The molecule has 11 heavy (non-hydrogen) atoms. The molecule has 0 aromatic carbocycles. The Kier molecular flexibility index (Phi) is 1.89. The number of hydrogen-bond donors (Lipinski definition) is 0. The first-order chi connectivity index (χ1) is 5.02. The number of alkyl halides is 3. The molecule has 0 saturated carbocycles. The second-order valence-electron chi connectivity index (χ2n) is 2.18. The molecule has 5 heteroatoms. The fourth-order valence-corrected chi connectivity index (χ4v) is 0.823. The molecule has 0 aromatic heterocycles. The van der Waals surface area contributed by atoms with Gasteiger partial charge >= 0.3 is 12.1 Å². The Bertz CT molecular complexity index is 188. The van der Waals surface area contributed by atoms with Crippen LogP contribution >= 0.6 is 0 Å². The number of rotatable bonds is 0. The van der Waals surface area contributed by atoms with Crippen molar-refractivity contribution in [3.05, 3.63) is 12.2 Å². The average molecular weight is 165 g/mol. The first kappa shape index (κ1) is 8.10.